The molecule has 182 valence electrons. The topological polar surface area (TPSA) is 116 Å². The van der Waals surface area contributed by atoms with Gasteiger partial charge in [0.1, 0.15) is 10.7 Å². The van der Waals surface area contributed by atoms with E-state index >= 15 is 0 Å². The minimum absolute atomic E-state index is 0.0160. The Morgan fingerprint density at radius 3 is 1.97 bits per heavy atom. The summed E-state index contributed by atoms with van der Waals surface area (Å²) in [6.07, 6.45) is 0. The number of benzene rings is 3. The number of rotatable bonds is 8. The summed E-state index contributed by atoms with van der Waals surface area (Å²) in [5.41, 5.74) is 2.48. The van der Waals surface area contributed by atoms with Crippen molar-refractivity contribution in [2.45, 2.75) is 13.1 Å². The summed E-state index contributed by atoms with van der Waals surface area (Å²) < 4.78 is 0. The van der Waals surface area contributed by atoms with Gasteiger partial charge in [-0.2, -0.15) is 0 Å². The first kappa shape index (κ1) is 25.0. The van der Waals surface area contributed by atoms with Gasteiger partial charge in [0, 0.05) is 22.8 Å². The number of hydrogen-bond acceptors (Lipinski definition) is 5. The van der Waals surface area contributed by atoms with Gasteiger partial charge in [-0.15, -0.1) is 0 Å². The summed E-state index contributed by atoms with van der Waals surface area (Å²) in [5, 5.41) is 14.9. The molecule has 0 saturated carbocycles. The average molecular weight is 524 g/mol. The van der Waals surface area contributed by atoms with Crippen molar-refractivity contribution in [1.82, 2.24) is 10.2 Å². The van der Waals surface area contributed by atoms with Crippen molar-refractivity contribution < 1.29 is 24.3 Å². The third-order valence-electron chi connectivity index (χ3n) is 5.44. The maximum atomic E-state index is 12.8. The van der Waals surface area contributed by atoms with Gasteiger partial charge in [-0.05, 0) is 59.7 Å². The van der Waals surface area contributed by atoms with Crippen LogP contribution in [0.2, 0.25) is 5.02 Å². The first-order chi connectivity index (χ1) is 17.2. The second-order valence-electron chi connectivity index (χ2n) is 7.90. The fourth-order valence-corrected chi connectivity index (χ4v) is 3.86. The Morgan fingerprint density at radius 1 is 0.778 bits per heavy atom. The molecule has 0 atom stereocenters. The number of carbonyl (C=O) groups is 4. The number of carboxylic acids is 1. The monoisotopic (exact) mass is 523 g/mol. The summed E-state index contributed by atoms with van der Waals surface area (Å²) >= 11 is 12.0. The maximum absolute atomic E-state index is 12.8. The van der Waals surface area contributed by atoms with E-state index in [1.165, 1.54) is 24.3 Å². The highest BCUT2D eigenvalue weighted by Gasteiger charge is 2.37. The molecule has 1 heterocycles. The molecule has 0 radical (unpaired) electrons. The summed E-state index contributed by atoms with van der Waals surface area (Å²) in [7, 11) is 0. The summed E-state index contributed by atoms with van der Waals surface area (Å²) in [6.45, 7) is 0.275. The zero-order chi connectivity index (χ0) is 25.8. The number of aromatic carboxylic acids is 1. The van der Waals surface area contributed by atoms with Crippen LogP contribution in [0.4, 0.5) is 5.69 Å². The first-order valence-electron chi connectivity index (χ1n) is 10.7. The van der Waals surface area contributed by atoms with Crippen molar-refractivity contribution in [3.05, 3.63) is 111 Å². The van der Waals surface area contributed by atoms with E-state index in [0.717, 1.165) is 16.0 Å². The molecule has 0 spiro atoms. The van der Waals surface area contributed by atoms with E-state index in [2.05, 4.69) is 10.6 Å². The van der Waals surface area contributed by atoms with Gasteiger partial charge in [0.2, 0.25) is 0 Å². The Labute approximate surface area is 216 Å². The van der Waals surface area contributed by atoms with Crippen LogP contribution in [-0.2, 0) is 22.7 Å². The van der Waals surface area contributed by atoms with Crippen LogP contribution >= 0.6 is 23.2 Å². The quantitative estimate of drug-likeness (QED) is 0.377. The van der Waals surface area contributed by atoms with Gasteiger partial charge < -0.3 is 15.7 Å². The molecule has 3 amide bonds. The summed E-state index contributed by atoms with van der Waals surface area (Å²) in [4.78, 5) is 49.8. The van der Waals surface area contributed by atoms with Gasteiger partial charge in [-0.3, -0.25) is 19.3 Å². The number of nitrogens with one attached hydrogen (secondary N) is 2. The second kappa shape index (κ2) is 10.6. The van der Waals surface area contributed by atoms with E-state index in [0.29, 0.717) is 16.3 Å². The Bertz CT molecular complexity index is 1370. The van der Waals surface area contributed by atoms with Crippen LogP contribution in [0.15, 0.2) is 83.5 Å². The lowest BCUT2D eigenvalue weighted by molar-refractivity contribution is -0.138. The Kier molecular flexibility index (Phi) is 7.38. The van der Waals surface area contributed by atoms with Crippen molar-refractivity contribution in [3.8, 4) is 0 Å². The average Bonchev–Trinajstić information content (AvgIpc) is 3.07. The van der Waals surface area contributed by atoms with Gasteiger partial charge in [0.05, 0.1) is 12.1 Å². The number of imide groups is 1. The molecular formula is C26H19Cl2N3O5. The van der Waals surface area contributed by atoms with E-state index in [4.69, 9.17) is 28.3 Å². The molecule has 3 aromatic carbocycles. The molecule has 0 unspecified atom stereocenters. The highest BCUT2D eigenvalue weighted by atomic mass is 35.5. The highest BCUT2D eigenvalue weighted by Crippen LogP contribution is 2.25. The van der Waals surface area contributed by atoms with Crippen LogP contribution in [0.5, 0.6) is 0 Å². The number of carbonyl (C=O) groups excluding carboxylic acids is 3. The van der Waals surface area contributed by atoms with E-state index in [1.807, 2.05) is 0 Å². The third kappa shape index (κ3) is 5.56. The molecule has 0 aliphatic carbocycles. The summed E-state index contributed by atoms with van der Waals surface area (Å²) in [6, 6.07) is 19.3. The smallest absolute Gasteiger partial charge is 0.335 e. The van der Waals surface area contributed by atoms with Crippen molar-refractivity contribution in [2.24, 2.45) is 0 Å². The molecule has 0 bridgehead atoms. The van der Waals surface area contributed by atoms with Crippen molar-refractivity contribution in [2.75, 3.05) is 5.32 Å². The SMILES string of the molecule is O=C(O)c1ccc(NC(=O)c2ccc(CNC3=C(Cl)C(=O)N(Cc4ccc(Cl)cc4)C3=O)cc2)cc1. The lowest BCUT2D eigenvalue weighted by Gasteiger charge is -2.15. The van der Waals surface area contributed by atoms with Crippen molar-refractivity contribution in [3.63, 3.8) is 0 Å². The standard InChI is InChI=1S/C26H19Cl2N3O5/c27-19-9-3-16(4-10-19)14-31-24(33)21(28)22(25(31)34)29-13-15-1-5-17(6-2-15)23(32)30-20-11-7-18(8-12-20)26(35)36/h1-12,29H,13-14H2,(H,30,32)(H,35,36). The van der Waals surface area contributed by atoms with Gasteiger partial charge in [0.15, 0.2) is 0 Å². The zero-order valence-corrected chi connectivity index (χ0v) is 20.1. The predicted molar refractivity (Wildman–Crippen MR) is 135 cm³/mol. The fraction of sp³-hybridized carbons (Fsp3) is 0.0769. The maximum Gasteiger partial charge on any atom is 0.335 e. The van der Waals surface area contributed by atoms with Crippen LogP contribution in [0.1, 0.15) is 31.8 Å². The van der Waals surface area contributed by atoms with E-state index in [1.54, 1.807) is 48.5 Å². The minimum Gasteiger partial charge on any atom is -0.478 e. The van der Waals surface area contributed by atoms with Crippen LogP contribution in [0, 0.1) is 0 Å². The largest absolute Gasteiger partial charge is 0.478 e. The number of amides is 3. The number of carboxylic acid groups (broad SMARTS) is 1. The van der Waals surface area contributed by atoms with Crippen LogP contribution < -0.4 is 10.6 Å². The Balaban J connectivity index is 1.35. The van der Waals surface area contributed by atoms with Gasteiger partial charge in [0.25, 0.3) is 17.7 Å². The molecule has 3 aromatic rings. The number of nitrogens with zero attached hydrogens (tertiary/aromatic N) is 1. The van der Waals surface area contributed by atoms with E-state index in [9.17, 15) is 19.2 Å². The number of hydrogen-bond donors (Lipinski definition) is 3. The predicted octanol–water partition coefficient (Wildman–Crippen LogP) is 4.40. The fourth-order valence-electron chi connectivity index (χ4n) is 3.48. The second-order valence-corrected chi connectivity index (χ2v) is 8.71. The molecule has 3 N–H and O–H groups in total. The molecule has 10 heteroatoms. The molecule has 0 aromatic heterocycles. The van der Waals surface area contributed by atoms with Gasteiger partial charge in [-0.25, -0.2) is 4.79 Å². The third-order valence-corrected chi connectivity index (χ3v) is 6.04. The van der Waals surface area contributed by atoms with Crippen LogP contribution in [0.3, 0.4) is 0 Å². The van der Waals surface area contributed by atoms with Gasteiger partial charge >= 0.3 is 5.97 Å². The Morgan fingerprint density at radius 2 is 1.36 bits per heavy atom. The number of halogens is 2. The molecule has 1 aliphatic heterocycles. The molecule has 0 saturated heterocycles. The van der Waals surface area contributed by atoms with Gasteiger partial charge in [-0.1, -0.05) is 47.5 Å². The normalized spacial score (nSPS) is 13.2. The molecule has 8 nitrogen and oxygen atoms in total. The first-order valence-corrected chi connectivity index (χ1v) is 11.5. The van der Waals surface area contributed by atoms with Crippen LogP contribution in [0.25, 0.3) is 0 Å². The molecular weight excluding hydrogens is 505 g/mol. The molecule has 1 aliphatic rings. The lowest BCUT2D eigenvalue weighted by atomic mass is 10.1. The lowest BCUT2D eigenvalue weighted by Crippen LogP contribution is -2.33. The highest BCUT2D eigenvalue weighted by molar-refractivity contribution is 6.47. The van der Waals surface area contributed by atoms with E-state index < -0.39 is 17.8 Å². The van der Waals surface area contributed by atoms with Crippen molar-refractivity contribution in [1.29, 1.82) is 0 Å². The zero-order valence-electron chi connectivity index (χ0n) is 18.6. The number of anilines is 1. The molecule has 0 fully saturated rings. The Hall–Kier alpha value is -4.14. The van der Waals surface area contributed by atoms with Crippen LogP contribution in [-0.4, -0.2) is 33.7 Å². The summed E-state index contributed by atoms with van der Waals surface area (Å²) in [5.74, 6) is -2.52. The van der Waals surface area contributed by atoms with E-state index in [-0.39, 0.29) is 35.3 Å². The molecule has 4 rings (SSSR count). The molecule has 36 heavy (non-hydrogen) atoms. The van der Waals surface area contributed by atoms with Crippen molar-refractivity contribution >= 4 is 52.6 Å². The minimum atomic E-state index is -1.05.